The van der Waals surface area contributed by atoms with Crippen molar-refractivity contribution in [3.8, 4) is 5.75 Å². The standard InChI is InChI=1S/C16H12F6O/c1-10-4-2-3-5-14(10)23-9-11-6-12(15(17,18)19)8-13(7-11)16(20,21)22/h2-8H,9H2,1H3. The summed E-state index contributed by atoms with van der Waals surface area (Å²) in [6, 6.07) is 8.14. The first-order valence-electron chi connectivity index (χ1n) is 6.54. The van der Waals surface area contributed by atoms with Gasteiger partial charge in [-0.3, -0.25) is 0 Å². The molecule has 0 aliphatic carbocycles. The van der Waals surface area contributed by atoms with Crippen LogP contribution in [-0.2, 0) is 19.0 Å². The van der Waals surface area contributed by atoms with Crippen molar-refractivity contribution < 1.29 is 31.1 Å². The van der Waals surface area contributed by atoms with Crippen LogP contribution in [0.3, 0.4) is 0 Å². The molecule has 0 saturated heterocycles. The second kappa shape index (κ2) is 6.14. The Labute approximate surface area is 128 Å². The summed E-state index contributed by atoms with van der Waals surface area (Å²) in [4.78, 5) is 0. The summed E-state index contributed by atoms with van der Waals surface area (Å²) in [6.07, 6.45) is -9.72. The Kier molecular flexibility index (Phi) is 4.58. The molecule has 2 aromatic rings. The van der Waals surface area contributed by atoms with E-state index in [9.17, 15) is 26.3 Å². The van der Waals surface area contributed by atoms with Gasteiger partial charge < -0.3 is 4.74 Å². The number of hydrogen-bond donors (Lipinski definition) is 0. The summed E-state index contributed by atoms with van der Waals surface area (Å²) >= 11 is 0. The second-order valence-corrected chi connectivity index (χ2v) is 4.97. The zero-order valence-electron chi connectivity index (χ0n) is 11.9. The molecular formula is C16H12F6O. The lowest BCUT2D eigenvalue weighted by molar-refractivity contribution is -0.143. The number of halogens is 6. The van der Waals surface area contributed by atoms with Crippen LogP contribution in [0.2, 0.25) is 0 Å². The van der Waals surface area contributed by atoms with Gasteiger partial charge in [0.25, 0.3) is 0 Å². The molecule has 0 heterocycles. The van der Waals surface area contributed by atoms with Gasteiger partial charge in [-0.2, -0.15) is 26.3 Å². The molecular weight excluding hydrogens is 322 g/mol. The van der Waals surface area contributed by atoms with Crippen LogP contribution in [0.25, 0.3) is 0 Å². The van der Waals surface area contributed by atoms with Crippen molar-refractivity contribution in [3.05, 3.63) is 64.7 Å². The van der Waals surface area contributed by atoms with E-state index in [1.165, 1.54) is 0 Å². The van der Waals surface area contributed by atoms with Crippen LogP contribution in [-0.4, -0.2) is 0 Å². The largest absolute Gasteiger partial charge is 0.489 e. The molecule has 0 aromatic heterocycles. The highest BCUT2D eigenvalue weighted by Gasteiger charge is 2.36. The van der Waals surface area contributed by atoms with E-state index in [0.717, 1.165) is 5.56 Å². The number of ether oxygens (including phenoxy) is 1. The molecule has 0 fully saturated rings. The minimum Gasteiger partial charge on any atom is -0.489 e. The molecule has 7 heteroatoms. The Morgan fingerprint density at radius 3 is 1.83 bits per heavy atom. The van der Waals surface area contributed by atoms with Crippen molar-refractivity contribution in [1.82, 2.24) is 0 Å². The van der Waals surface area contributed by atoms with Gasteiger partial charge in [0.1, 0.15) is 12.4 Å². The fraction of sp³-hybridized carbons (Fsp3) is 0.250. The van der Waals surface area contributed by atoms with Gasteiger partial charge in [-0.05, 0) is 42.3 Å². The summed E-state index contributed by atoms with van der Waals surface area (Å²) in [5.41, 5.74) is -2.17. The monoisotopic (exact) mass is 334 g/mol. The van der Waals surface area contributed by atoms with Gasteiger partial charge in [0.05, 0.1) is 11.1 Å². The second-order valence-electron chi connectivity index (χ2n) is 4.97. The summed E-state index contributed by atoms with van der Waals surface area (Å²) in [5, 5.41) is 0. The van der Waals surface area contributed by atoms with Crippen LogP contribution >= 0.6 is 0 Å². The molecule has 0 radical (unpaired) electrons. The SMILES string of the molecule is Cc1ccccc1OCc1cc(C(F)(F)F)cc(C(F)(F)F)c1. The maximum absolute atomic E-state index is 12.8. The van der Waals surface area contributed by atoms with Gasteiger partial charge in [-0.15, -0.1) is 0 Å². The average Bonchev–Trinajstić information content (AvgIpc) is 2.44. The lowest BCUT2D eigenvalue weighted by Gasteiger charge is -2.15. The highest BCUT2D eigenvalue weighted by molar-refractivity contribution is 5.35. The van der Waals surface area contributed by atoms with E-state index in [-0.39, 0.29) is 11.6 Å². The molecule has 0 spiro atoms. The number of rotatable bonds is 3. The van der Waals surface area contributed by atoms with Gasteiger partial charge in [0.15, 0.2) is 0 Å². The predicted octanol–water partition coefficient (Wildman–Crippen LogP) is 5.61. The number of aryl methyl sites for hydroxylation is 1. The van der Waals surface area contributed by atoms with Gasteiger partial charge >= 0.3 is 12.4 Å². The summed E-state index contributed by atoms with van der Waals surface area (Å²) in [6.45, 7) is 1.33. The molecule has 0 bridgehead atoms. The molecule has 0 aliphatic heterocycles. The van der Waals surface area contributed by atoms with Gasteiger partial charge in [0.2, 0.25) is 0 Å². The van der Waals surface area contributed by atoms with Crippen LogP contribution in [0, 0.1) is 6.92 Å². The van der Waals surface area contributed by atoms with Crippen molar-refractivity contribution in [1.29, 1.82) is 0 Å². The summed E-state index contributed by atoms with van der Waals surface area (Å²) < 4.78 is 81.9. The smallest absolute Gasteiger partial charge is 0.416 e. The Morgan fingerprint density at radius 1 is 0.826 bits per heavy atom. The molecule has 0 amide bonds. The minimum atomic E-state index is -4.86. The average molecular weight is 334 g/mol. The van der Waals surface area contributed by atoms with Crippen molar-refractivity contribution in [2.45, 2.75) is 25.9 Å². The zero-order valence-corrected chi connectivity index (χ0v) is 11.9. The molecule has 1 nitrogen and oxygen atoms in total. The third-order valence-electron chi connectivity index (χ3n) is 3.14. The molecule has 23 heavy (non-hydrogen) atoms. The molecule has 2 aromatic carbocycles. The first-order valence-corrected chi connectivity index (χ1v) is 6.54. The van der Waals surface area contributed by atoms with E-state index in [1.54, 1.807) is 31.2 Å². The van der Waals surface area contributed by atoms with Crippen LogP contribution in [0.1, 0.15) is 22.3 Å². The normalized spacial score (nSPS) is 12.3. The molecule has 0 aliphatic rings. The number of para-hydroxylation sites is 1. The molecule has 0 saturated carbocycles. The maximum Gasteiger partial charge on any atom is 0.416 e. The van der Waals surface area contributed by atoms with Gasteiger partial charge in [-0.25, -0.2) is 0 Å². The van der Waals surface area contributed by atoms with Crippen LogP contribution < -0.4 is 4.74 Å². The lowest BCUT2D eigenvalue weighted by Crippen LogP contribution is -2.12. The van der Waals surface area contributed by atoms with E-state index in [1.807, 2.05) is 0 Å². The quantitative estimate of drug-likeness (QED) is 0.663. The third kappa shape index (κ3) is 4.40. The molecule has 124 valence electrons. The van der Waals surface area contributed by atoms with Crippen LogP contribution in [0.4, 0.5) is 26.3 Å². The highest BCUT2D eigenvalue weighted by atomic mass is 19.4. The first-order chi connectivity index (χ1) is 10.6. The van der Waals surface area contributed by atoms with Gasteiger partial charge in [-0.1, -0.05) is 18.2 Å². The number of hydrogen-bond acceptors (Lipinski definition) is 1. The summed E-state index contributed by atoms with van der Waals surface area (Å²) in [5.74, 6) is 0.401. The first kappa shape index (κ1) is 17.2. The van der Waals surface area contributed by atoms with E-state index in [0.29, 0.717) is 17.9 Å². The predicted molar refractivity (Wildman–Crippen MR) is 72.0 cm³/mol. The Balaban J connectivity index is 2.32. The van der Waals surface area contributed by atoms with E-state index >= 15 is 0 Å². The van der Waals surface area contributed by atoms with E-state index in [2.05, 4.69) is 0 Å². The van der Waals surface area contributed by atoms with Crippen molar-refractivity contribution in [2.24, 2.45) is 0 Å². The number of alkyl halides is 6. The van der Waals surface area contributed by atoms with Gasteiger partial charge in [0, 0.05) is 0 Å². The summed E-state index contributed by atoms with van der Waals surface area (Å²) in [7, 11) is 0. The molecule has 0 atom stereocenters. The highest BCUT2D eigenvalue weighted by Crippen LogP contribution is 2.36. The Hall–Kier alpha value is -2.18. The van der Waals surface area contributed by atoms with Crippen LogP contribution in [0.15, 0.2) is 42.5 Å². The van der Waals surface area contributed by atoms with Crippen molar-refractivity contribution >= 4 is 0 Å². The fourth-order valence-corrected chi connectivity index (χ4v) is 1.98. The molecule has 2 rings (SSSR count). The van der Waals surface area contributed by atoms with Crippen molar-refractivity contribution in [3.63, 3.8) is 0 Å². The fourth-order valence-electron chi connectivity index (χ4n) is 1.98. The Bertz CT molecular complexity index is 655. The van der Waals surface area contributed by atoms with Crippen molar-refractivity contribution in [2.75, 3.05) is 0 Å². The van der Waals surface area contributed by atoms with E-state index < -0.39 is 30.1 Å². The maximum atomic E-state index is 12.8. The third-order valence-corrected chi connectivity index (χ3v) is 3.14. The van der Waals surface area contributed by atoms with E-state index in [4.69, 9.17) is 4.74 Å². The van der Waals surface area contributed by atoms with Crippen LogP contribution in [0.5, 0.6) is 5.75 Å². The topological polar surface area (TPSA) is 9.23 Å². The molecule has 0 unspecified atom stereocenters. The molecule has 0 N–H and O–H groups in total. The Morgan fingerprint density at radius 2 is 1.35 bits per heavy atom. The zero-order chi connectivity index (χ0) is 17.3. The lowest BCUT2D eigenvalue weighted by atomic mass is 10.1. The minimum absolute atomic E-state index is 0.0945. The number of benzene rings is 2.